The average Bonchev–Trinajstić information content (AvgIpc) is 2.85. The topological polar surface area (TPSA) is 15.6 Å². The Labute approximate surface area is 126 Å². The fraction of sp³-hybridized carbons (Fsp3) is 0.462. The monoisotopic (exact) mass is 346 g/mol. The molecular formula is C13H16BrClN2S. The molecule has 0 N–H and O–H groups in total. The zero-order valence-corrected chi connectivity index (χ0v) is 13.6. The van der Waals surface area contributed by atoms with E-state index in [9.17, 15) is 0 Å². The second kappa shape index (κ2) is 6.31. The molecule has 2 rings (SSSR count). The summed E-state index contributed by atoms with van der Waals surface area (Å²) in [6, 6.07) is 8.30. The van der Waals surface area contributed by atoms with Crippen molar-refractivity contribution in [3.8, 4) is 0 Å². The predicted molar refractivity (Wildman–Crippen MR) is 85.1 cm³/mol. The molecule has 98 valence electrons. The molecule has 2 unspecified atom stereocenters. The summed E-state index contributed by atoms with van der Waals surface area (Å²) in [4.78, 5) is 6.82. The zero-order valence-electron chi connectivity index (χ0n) is 10.4. The summed E-state index contributed by atoms with van der Waals surface area (Å²) in [5.74, 6) is 0. The first-order valence-electron chi connectivity index (χ1n) is 5.87. The summed E-state index contributed by atoms with van der Waals surface area (Å²) in [7, 11) is 2.09. The molecule has 0 radical (unpaired) electrons. The van der Waals surface area contributed by atoms with Gasteiger partial charge in [0.2, 0.25) is 0 Å². The highest BCUT2D eigenvalue weighted by Crippen LogP contribution is 2.30. The van der Waals surface area contributed by atoms with Crippen LogP contribution in [0.4, 0.5) is 0 Å². The predicted octanol–water partition coefficient (Wildman–Crippen LogP) is 4.20. The van der Waals surface area contributed by atoms with E-state index in [1.54, 1.807) is 0 Å². The highest BCUT2D eigenvalue weighted by molar-refractivity contribution is 9.09. The molecule has 2 atom stereocenters. The van der Waals surface area contributed by atoms with Crippen LogP contribution in [0.3, 0.4) is 0 Å². The van der Waals surface area contributed by atoms with E-state index in [4.69, 9.17) is 11.6 Å². The van der Waals surface area contributed by atoms with Gasteiger partial charge in [-0.1, -0.05) is 51.4 Å². The van der Waals surface area contributed by atoms with Gasteiger partial charge in [0, 0.05) is 22.7 Å². The van der Waals surface area contributed by atoms with E-state index in [1.807, 2.05) is 30.0 Å². The van der Waals surface area contributed by atoms with Crippen molar-refractivity contribution in [3.63, 3.8) is 0 Å². The summed E-state index contributed by atoms with van der Waals surface area (Å²) in [5, 5.41) is 3.46. The lowest BCUT2D eigenvalue weighted by Crippen LogP contribution is -2.26. The largest absolute Gasteiger partial charge is 0.348 e. The van der Waals surface area contributed by atoms with Crippen LogP contribution in [0.25, 0.3) is 0 Å². The molecule has 0 spiro atoms. The first-order valence-corrected chi connectivity index (χ1v) is 8.25. The minimum absolute atomic E-state index is 0.282. The van der Waals surface area contributed by atoms with Crippen LogP contribution in [0.1, 0.15) is 18.5 Å². The molecule has 1 aliphatic rings. The molecule has 0 saturated heterocycles. The summed E-state index contributed by atoms with van der Waals surface area (Å²) < 4.78 is 0. The van der Waals surface area contributed by atoms with Gasteiger partial charge in [-0.25, -0.2) is 0 Å². The van der Waals surface area contributed by atoms with E-state index in [0.29, 0.717) is 5.25 Å². The van der Waals surface area contributed by atoms with Crippen molar-refractivity contribution in [1.29, 1.82) is 0 Å². The number of hydrogen-bond donors (Lipinski definition) is 0. The van der Waals surface area contributed by atoms with Crippen molar-refractivity contribution in [3.05, 3.63) is 34.9 Å². The highest BCUT2D eigenvalue weighted by atomic mass is 79.9. The van der Waals surface area contributed by atoms with Crippen molar-refractivity contribution in [2.75, 3.05) is 18.9 Å². The fourth-order valence-corrected chi connectivity index (χ4v) is 3.62. The van der Waals surface area contributed by atoms with Gasteiger partial charge >= 0.3 is 0 Å². The highest BCUT2D eigenvalue weighted by Gasteiger charge is 2.24. The maximum absolute atomic E-state index is 6.04. The molecule has 0 saturated carbocycles. The van der Waals surface area contributed by atoms with Crippen molar-refractivity contribution < 1.29 is 0 Å². The van der Waals surface area contributed by atoms with Gasteiger partial charge < -0.3 is 4.90 Å². The van der Waals surface area contributed by atoms with Crippen LogP contribution in [0.5, 0.6) is 0 Å². The number of rotatable bonds is 3. The molecule has 1 aromatic rings. The van der Waals surface area contributed by atoms with Gasteiger partial charge in [-0.15, -0.1) is 0 Å². The Hall–Kier alpha value is -0.190. The van der Waals surface area contributed by atoms with E-state index in [2.05, 4.69) is 45.9 Å². The lowest BCUT2D eigenvalue weighted by Gasteiger charge is -2.27. The molecule has 0 bridgehead atoms. The van der Waals surface area contributed by atoms with Gasteiger partial charge in [-0.2, -0.15) is 0 Å². The first-order chi connectivity index (χ1) is 8.61. The molecule has 0 aromatic heterocycles. The van der Waals surface area contributed by atoms with E-state index >= 15 is 0 Å². The van der Waals surface area contributed by atoms with Crippen molar-refractivity contribution in [2.24, 2.45) is 4.99 Å². The minimum atomic E-state index is 0.282. The SMILES string of the molecule is CC(c1cccc(Cl)c1)N(C)C1=NCC(CBr)S1. The number of amidine groups is 1. The third-order valence-electron chi connectivity index (χ3n) is 3.09. The van der Waals surface area contributed by atoms with E-state index in [0.717, 1.165) is 22.1 Å². The van der Waals surface area contributed by atoms with Gasteiger partial charge in [0.25, 0.3) is 0 Å². The maximum Gasteiger partial charge on any atom is 0.159 e. The van der Waals surface area contributed by atoms with Gasteiger partial charge in [-0.05, 0) is 24.6 Å². The summed E-state index contributed by atoms with van der Waals surface area (Å²) in [6.45, 7) is 3.08. The number of aliphatic imine (C=N–C) groups is 1. The van der Waals surface area contributed by atoms with Crippen LogP contribution in [0, 0.1) is 0 Å². The van der Waals surface area contributed by atoms with Gasteiger partial charge in [-0.3, -0.25) is 4.99 Å². The zero-order chi connectivity index (χ0) is 13.1. The molecule has 0 amide bonds. The molecule has 18 heavy (non-hydrogen) atoms. The van der Waals surface area contributed by atoms with Crippen LogP contribution in [-0.2, 0) is 0 Å². The van der Waals surface area contributed by atoms with E-state index in [-0.39, 0.29) is 6.04 Å². The Kier molecular flexibility index (Phi) is 4.98. The maximum atomic E-state index is 6.04. The summed E-state index contributed by atoms with van der Waals surface area (Å²) in [5.41, 5.74) is 1.22. The summed E-state index contributed by atoms with van der Waals surface area (Å²) >= 11 is 11.4. The standard InChI is InChI=1S/C13H16BrClN2S/c1-9(10-4-3-5-11(15)6-10)17(2)13-16-8-12(7-14)18-13/h3-6,9,12H,7-8H2,1-2H3. The number of alkyl halides is 1. The van der Waals surface area contributed by atoms with E-state index in [1.165, 1.54) is 5.56 Å². The lowest BCUT2D eigenvalue weighted by molar-refractivity contribution is 0.410. The van der Waals surface area contributed by atoms with Gasteiger partial charge in [0.1, 0.15) is 0 Å². The van der Waals surface area contributed by atoms with Gasteiger partial charge in [0.15, 0.2) is 5.17 Å². The van der Waals surface area contributed by atoms with Crippen LogP contribution in [0.15, 0.2) is 29.3 Å². The molecule has 1 aromatic carbocycles. The normalized spacial score (nSPS) is 20.7. The lowest BCUT2D eigenvalue weighted by atomic mass is 10.1. The molecule has 2 nitrogen and oxygen atoms in total. The Morgan fingerprint density at radius 1 is 1.61 bits per heavy atom. The molecule has 0 fully saturated rings. The Balaban J connectivity index is 2.07. The fourth-order valence-electron chi connectivity index (χ4n) is 1.83. The van der Waals surface area contributed by atoms with Crippen molar-refractivity contribution >= 4 is 44.5 Å². The third-order valence-corrected chi connectivity index (χ3v) is 5.81. The number of nitrogens with zero attached hydrogens (tertiary/aromatic N) is 2. The second-order valence-corrected chi connectivity index (χ2v) is 6.71. The van der Waals surface area contributed by atoms with Gasteiger partial charge in [0.05, 0.1) is 12.6 Å². The minimum Gasteiger partial charge on any atom is -0.348 e. The Morgan fingerprint density at radius 3 is 3.00 bits per heavy atom. The van der Waals surface area contributed by atoms with Crippen molar-refractivity contribution in [2.45, 2.75) is 18.2 Å². The first kappa shape index (κ1) is 14.2. The average molecular weight is 348 g/mol. The number of halogens is 2. The molecule has 1 heterocycles. The molecule has 0 aliphatic carbocycles. The summed E-state index contributed by atoms with van der Waals surface area (Å²) in [6.07, 6.45) is 0. The molecular weight excluding hydrogens is 332 g/mol. The van der Waals surface area contributed by atoms with Crippen LogP contribution >= 0.6 is 39.3 Å². The number of hydrogen-bond acceptors (Lipinski definition) is 3. The number of thioether (sulfide) groups is 1. The Bertz CT molecular complexity index is 452. The van der Waals surface area contributed by atoms with Crippen molar-refractivity contribution in [1.82, 2.24) is 4.90 Å². The van der Waals surface area contributed by atoms with Crippen LogP contribution < -0.4 is 0 Å². The Morgan fingerprint density at radius 2 is 2.39 bits per heavy atom. The second-order valence-electron chi connectivity index (χ2n) is 4.36. The quantitative estimate of drug-likeness (QED) is 0.762. The molecule has 5 heteroatoms. The van der Waals surface area contributed by atoms with Crippen LogP contribution in [0.2, 0.25) is 5.02 Å². The third kappa shape index (κ3) is 3.22. The van der Waals surface area contributed by atoms with E-state index < -0.39 is 0 Å². The molecule has 1 aliphatic heterocycles. The number of benzene rings is 1. The van der Waals surface area contributed by atoms with Crippen LogP contribution in [-0.4, -0.2) is 34.2 Å². The smallest absolute Gasteiger partial charge is 0.159 e.